The summed E-state index contributed by atoms with van der Waals surface area (Å²) in [6.45, 7) is 7.02. The van der Waals surface area contributed by atoms with E-state index in [1.54, 1.807) is 0 Å². The summed E-state index contributed by atoms with van der Waals surface area (Å²) in [5.74, 6) is -0.498. The predicted molar refractivity (Wildman–Crippen MR) is 360 cm³/mol. The van der Waals surface area contributed by atoms with Gasteiger partial charge in [0.1, 0.15) is 19.3 Å². The maximum Gasteiger partial charge on any atom is 0.472 e. The van der Waals surface area contributed by atoms with Crippen LogP contribution in [0.4, 0.5) is 0 Å². The van der Waals surface area contributed by atoms with Gasteiger partial charge in [-0.3, -0.25) is 18.6 Å². The highest BCUT2D eigenvalue weighted by Gasteiger charge is 2.30. The molecule has 3 atom stereocenters. The number of carbonyl (C=O) groups is 2. The number of carbonyl (C=O) groups excluding carboxylic acids is 2. The van der Waals surface area contributed by atoms with Crippen LogP contribution in [-0.4, -0.2) is 74.3 Å². The third-order valence-corrected chi connectivity index (χ3v) is 16.9. The molecule has 0 spiro atoms. The lowest BCUT2D eigenvalue weighted by Gasteiger charge is -2.27. The number of hydrogen-bond donors (Lipinski definition) is 2. The molecule has 0 heterocycles. The predicted octanol–water partition coefficient (Wildman–Crippen LogP) is 22.6. The van der Waals surface area contributed by atoms with Gasteiger partial charge in [0.2, 0.25) is 5.91 Å². The van der Waals surface area contributed by atoms with Crippen LogP contribution in [0, 0.1) is 0 Å². The van der Waals surface area contributed by atoms with Crippen LogP contribution in [-0.2, 0) is 27.9 Å². The number of amides is 1. The molecule has 1 amide bonds. The highest BCUT2D eigenvalue weighted by Crippen LogP contribution is 2.43. The van der Waals surface area contributed by atoms with Crippen LogP contribution in [0.2, 0.25) is 0 Å². The molecule has 0 radical (unpaired) electrons. The lowest BCUT2D eigenvalue weighted by Crippen LogP contribution is -2.47. The largest absolute Gasteiger partial charge is 0.472 e. The Morgan fingerprint density at radius 2 is 0.735 bits per heavy atom. The Morgan fingerprint density at radius 1 is 0.422 bits per heavy atom. The minimum absolute atomic E-state index is 0.0397. The summed E-state index contributed by atoms with van der Waals surface area (Å²) in [4.78, 5) is 37.9. The number of likely N-dealkylation sites (N-methyl/N-ethyl adjacent to an activating group) is 1. The first kappa shape index (κ1) is 80.7. The Labute approximate surface area is 515 Å². The molecular weight excluding hydrogens is 1050 g/mol. The maximum absolute atomic E-state index is 13.6. The Hall–Kier alpha value is -2.29. The normalized spacial score (nSPS) is 13.9. The second kappa shape index (κ2) is 62.8. The monoisotopic (exact) mass is 1190 g/mol. The number of rotatable bonds is 65. The summed E-state index contributed by atoms with van der Waals surface area (Å²) < 4.78 is 30.8. The van der Waals surface area contributed by atoms with Crippen molar-refractivity contribution in [2.75, 3.05) is 40.9 Å². The molecule has 0 aliphatic heterocycles. The second-order valence-electron chi connectivity index (χ2n) is 25.4. The third kappa shape index (κ3) is 64.0. The molecule has 3 unspecified atom stereocenters. The fourth-order valence-corrected chi connectivity index (χ4v) is 11.2. The Balaban J connectivity index is 5.03. The zero-order valence-electron chi connectivity index (χ0n) is 55.7. The fraction of sp³-hybridized carbons (Fsp3) is 0.836. The standard InChI is InChI=1S/C73H137N2O7P/c1-7-10-13-16-19-22-25-27-29-31-33-35-37-39-41-43-45-47-50-53-56-59-62-65-72(76)74-70(69-81-83(78,79)80-68-67-75(4,5)6)71(64-61-58-55-52-49-24-21-18-15-12-9-3)82-73(77)66-63-60-57-54-51-48-46-44-42-40-38-36-34-32-30-28-26-23-20-17-14-11-8-2/h20,23,27-30,34,36,61,64,70-71H,7-19,21-22,24-26,31-33,35,37-60,62-63,65-69H2,1-6H3,(H-,74,76,78,79)/p+1/b23-20-,29-27+,30-28-,36-34-,64-61+. The number of quaternary nitrogens is 1. The van der Waals surface area contributed by atoms with Crippen molar-refractivity contribution >= 4 is 19.7 Å². The number of allylic oxidation sites excluding steroid dienone is 9. The molecule has 0 aliphatic carbocycles. The van der Waals surface area contributed by atoms with E-state index < -0.39 is 20.0 Å². The van der Waals surface area contributed by atoms with Crippen LogP contribution < -0.4 is 5.32 Å². The summed E-state index contributed by atoms with van der Waals surface area (Å²) in [5, 5.41) is 3.07. The smallest absolute Gasteiger partial charge is 0.456 e. The van der Waals surface area contributed by atoms with E-state index in [4.69, 9.17) is 13.8 Å². The van der Waals surface area contributed by atoms with Gasteiger partial charge in [-0.25, -0.2) is 4.57 Å². The molecule has 486 valence electrons. The van der Waals surface area contributed by atoms with Crippen LogP contribution in [0.15, 0.2) is 60.8 Å². The van der Waals surface area contributed by atoms with Crippen molar-refractivity contribution < 1.29 is 37.3 Å². The fourth-order valence-electron chi connectivity index (χ4n) is 10.4. The molecule has 83 heavy (non-hydrogen) atoms. The van der Waals surface area contributed by atoms with E-state index in [1.165, 1.54) is 238 Å². The molecule has 0 aliphatic rings. The Morgan fingerprint density at radius 3 is 1.13 bits per heavy atom. The number of esters is 1. The molecule has 0 aromatic rings. The van der Waals surface area contributed by atoms with E-state index >= 15 is 0 Å². The lowest BCUT2D eigenvalue weighted by atomic mass is 10.0. The number of phosphoric ester groups is 1. The van der Waals surface area contributed by atoms with Crippen molar-refractivity contribution in [3.05, 3.63) is 60.8 Å². The van der Waals surface area contributed by atoms with Crippen molar-refractivity contribution in [3.8, 4) is 0 Å². The summed E-state index contributed by atoms with van der Waals surface area (Å²) in [6, 6.07) is -0.851. The van der Waals surface area contributed by atoms with E-state index in [1.807, 2.05) is 33.3 Å². The number of ether oxygens (including phenoxy) is 1. The van der Waals surface area contributed by atoms with Gasteiger partial charge in [0, 0.05) is 12.8 Å². The van der Waals surface area contributed by atoms with Crippen LogP contribution in [0.25, 0.3) is 0 Å². The SMILES string of the molecule is CCCCC/C=C\C/C=C\C/C=C\CCCCCCCCCCCCC(=O)OC(/C=C/CCCCCCCCCCC)C(COP(=O)(O)OCC[N+](C)(C)C)NC(=O)CCCCCCCCCCCCCCC/C=C/CCCCCCCC. The van der Waals surface area contributed by atoms with Gasteiger partial charge in [0.05, 0.1) is 33.8 Å². The lowest BCUT2D eigenvalue weighted by molar-refractivity contribution is -0.870. The number of hydrogen-bond acceptors (Lipinski definition) is 6. The topological polar surface area (TPSA) is 111 Å². The molecular formula is C73H138N2O7P+. The summed E-state index contributed by atoms with van der Waals surface area (Å²) in [6.07, 6.45) is 80.9. The van der Waals surface area contributed by atoms with Gasteiger partial charge in [0.15, 0.2) is 0 Å². The highest BCUT2D eigenvalue weighted by molar-refractivity contribution is 7.47. The van der Waals surface area contributed by atoms with Gasteiger partial charge < -0.3 is 19.4 Å². The molecule has 0 bridgehead atoms. The van der Waals surface area contributed by atoms with Crippen LogP contribution in [0.3, 0.4) is 0 Å². The molecule has 9 nitrogen and oxygen atoms in total. The van der Waals surface area contributed by atoms with Gasteiger partial charge >= 0.3 is 13.8 Å². The summed E-state index contributed by atoms with van der Waals surface area (Å²) in [7, 11) is 1.50. The van der Waals surface area contributed by atoms with E-state index in [-0.39, 0.29) is 31.5 Å². The first-order valence-electron chi connectivity index (χ1n) is 35.6. The molecule has 0 aromatic heterocycles. The minimum Gasteiger partial charge on any atom is -0.456 e. The van der Waals surface area contributed by atoms with Gasteiger partial charge in [-0.1, -0.05) is 294 Å². The average Bonchev–Trinajstić information content (AvgIpc) is 3.51. The van der Waals surface area contributed by atoms with Gasteiger partial charge in [-0.2, -0.15) is 0 Å². The molecule has 0 fully saturated rings. The van der Waals surface area contributed by atoms with Crippen LogP contribution in [0.5, 0.6) is 0 Å². The molecule has 10 heteroatoms. The Bertz CT molecular complexity index is 1600. The van der Waals surface area contributed by atoms with Crippen molar-refractivity contribution in [3.63, 3.8) is 0 Å². The van der Waals surface area contributed by atoms with Crippen LogP contribution in [0.1, 0.15) is 342 Å². The number of unbranched alkanes of at least 4 members (excludes halogenated alkanes) is 41. The molecule has 2 N–H and O–H groups in total. The van der Waals surface area contributed by atoms with E-state index in [0.717, 1.165) is 70.6 Å². The van der Waals surface area contributed by atoms with E-state index in [0.29, 0.717) is 17.4 Å². The average molecular weight is 1190 g/mol. The van der Waals surface area contributed by atoms with Crippen molar-refractivity contribution in [2.24, 2.45) is 0 Å². The van der Waals surface area contributed by atoms with Crippen LogP contribution >= 0.6 is 7.82 Å². The van der Waals surface area contributed by atoms with E-state index in [2.05, 4.69) is 74.7 Å². The van der Waals surface area contributed by atoms with E-state index in [9.17, 15) is 19.0 Å². The first-order chi connectivity index (χ1) is 40.4. The maximum atomic E-state index is 13.6. The van der Waals surface area contributed by atoms with Gasteiger partial charge in [-0.05, 0) is 96.0 Å². The Kier molecular flexibility index (Phi) is 61.0. The molecule has 0 saturated carbocycles. The quantitative estimate of drug-likeness (QED) is 0.0205. The molecule has 0 rings (SSSR count). The number of phosphoric acid groups is 1. The summed E-state index contributed by atoms with van der Waals surface area (Å²) >= 11 is 0. The van der Waals surface area contributed by atoms with Crippen molar-refractivity contribution in [2.45, 2.75) is 354 Å². The third-order valence-electron chi connectivity index (χ3n) is 15.9. The highest BCUT2D eigenvalue weighted by atomic mass is 31.2. The number of nitrogens with zero attached hydrogens (tertiary/aromatic N) is 1. The first-order valence-corrected chi connectivity index (χ1v) is 37.1. The zero-order chi connectivity index (χ0) is 60.7. The van der Waals surface area contributed by atoms with Crippen molar-refractivity contribution in [1.82, 2.24) is 5.32 Å². The van der Waals surface area contributed by atoms with Gasteiger partial charge in [0.25, 0.3) is 0 Å². The molecule has 0 saturated heterocycles. The number of nitrogens with one attached hydrogen (secondary N) is 1. The minimum atomic E-state index is -4.45. The zero-order valence-corrected chi connectivity index (χ0v) is 56.6. The summed E-state index contributed by atoms with van der Waals surface area (Å²) in [5.41, 5.74) is 0. The second-order valence-corrected chi connectivity index (χ2v) is 26.9. The van der Waals surface area contributed by atoms with Crippen molar-refractivity contribution in [1.29, 1.82) is 0 Å². The van der Waals surface area contributed by atoms with Gasteiger partial charge in [-0.15, -0.1) is 0 Å². The molecule has 0 aromatic carbocycles.